The molecule has 2 aromatic heterocycles. The summed E-state index contributed by atoms with van der Waals surface area (Å²) in [6.07, 6.45) is 0. The van der Waals surface area contributed by atoms with E-state index in [-0.39, 0.29) is 11.4 Å². The zero-order valence-electron chi connectivity index (χ0n) is 7.89. The summed E-state index contributed by atoms with van der Waals surface area (Å²) in [5.41, 5.74) is -0.908. The summed E-state index contributed by atoms with van der Waals surface area (Å²) in [6.45, 7) is 0.000185. The molecular weight excluding hydrogens is 234 g/mol. The quantitative estimate of drug-likeness (QED) is 0.629. The topological polar surface area (TPSA) is 108 Å². The Balaban J connectivity index is 2.46. The standard InChI is InChI=1S/C8H7N3O4S/c12-5-1-6(13)11(7(14)10-5)2-4-3-16-8(15)9-4/h1,3,13H,2H2,(H,9,15)(H,10,12,14). The minimum atomic E-state index is -0.725. The van der Waals surface area contributed by atoms with Crippen molar-refractivity contribution in [1.82, 2.24) is 14.5 Å². The summed E-state index contributed by atoms with van der Waals surface area (Å²) in [6, 6.07) is 0.895. The van der Waals surface area contributed by atoms with Gasteiger partial charge in [0.05, 0.1) is 12.6 Å². The molecule has 8 heteroatoms. The Labute approximate surface area is 91.6 Å². The SMILES string of the molecule is O=c1cc(O)n(Cc2csc(=O)[nH]2)c(=O)[nH]1. The number of aromatic nitrogens is 3. The predicted octanol–water partition coefficient (Wildman–Crippen LogP) is -0.960. The van der Waals surface area contributed by atoms with Crippen LogP contribution in [0.4, 0.5) is 0 Å². The number of nitrogens with one attached hydrogen (secondary N) is 2. The predicted molar refractivity (Wildman–Crippen MR) is 57.0 cm³/mol. The average molecular weight is 241 g/mol. The summed E-state index contributed by atoms with van der Waals surface area (Å²) >= 11 is 0.958. The van der Waals surface area contributed by atoms with Crippen molar-refractivity contribution in [3.8, 4) is 5.88 Å². The maximum Gasteiger partial charge on any atom is 0.331 e. The first-order valence-electron chi connectivity index (χ1n) is 4.26. The third kappa shape index (κ3) is 1.96. The van der Waals surface area contributed by atoms with Gasteiger partial charge in [-0.1, -0.05) is 11.3 Å². The van der Waals surface area contributed by atoms with Crippen LogP contribution in [0.2, 0.25) is 0 Å². The van der Waals surface area contributed by atoms with Gasteiger partial charge in [0.15, 0.2) is 0 Å². The lowest BCUT2D eigenvalue weighted by atomic mass is 10.4. The molecule has 0 fully saturated rings. The maximum absolute atomic E-state index is 11.3. The zero-order chi connectivity index (χ0) is 11.7. The van der Waals surface area contributed by atoms with Gasteiger partial charge >= 0.3 is 10.6 Å². The van der Waals surface area contributed by atoms with E-state index < -0.39 is 17.1 Å². The van der Waals surface area contributed by atoms with E-state index in [1.165, 1.54) is 0 Å². The third-order valence-corrected chi connectivity index (χ3v) is 2.63. The van der Waals surface area contributed by atoms with Crippen LogP contribution in [0.25, 0.3) is 0 Å². The van der Waals surface area contributed by atoms with Crippen molar-refractivity contribution in [2.24, 2.45) is 0 Å². The molecule has 2 aromatic rings. The van der Waals surface area contributed by atoms with Gasteiger partial charge in [0.1, 0.15) is 0 Å². The molecule has 0 spiro atoms. The van der Waals surface area contributed by atoms with E-state index in [0.717, 1.165) is 22.0 Å². The van der Waals surface area contributed by atoms with Gasteiger partial charge in [0.25, 0.3) is 5.56 Å². The highest BCUT2D eigenvalue weighted by molar-refractivity contribution is 7.07. The summed E-state index contributed by atoms with van der Waals surface area (Å²) in [7, 11) is 0. The van der Waals surface area contributed by atoms with Gasteiger partial charge in [0.2, 0.25) is 5.88 Å². The number of hydrogen-bond acceptors (Lipinski definition) is 5. The maximum atomic E-state index is 11.3. The van der Waals surface area contributed by atoms with Gasteiger partial charge in [0, 0.05) is 11.1 Å². The number of aromatic amines is 2. The molecule has 0 saturated carbocycles. The van der Waals surface area contributed by atoms with Gasteiger partial charge in [-0.25, -0.2) is 4.79 Å². The fourth-order valence-electron chi connectivity index (χ4n) is 1.22. The highest BCUT2D eigenvalue weighted by atomic mass is 32.1. The van der Waals surface area contributed by atoms with Crippen molar-refractivity contribution >= 4 is 11.3 Å². The highest BCUT2D eigenvalue weighted by Crippen LogP contribution is 2.04. The second-order valence-electron chi connectivity index (χ2n) is 3.06. The van der Waals surface area contributed by atoms with Crippen molar-refractivity contribution in [3.05, 3.63) is 47.6 Å². The van der Waals surface area contributed by atoms with Gasteiger partial charge in [-0.15, -0.1) is 0 Å². The molecule has 0 saturated heterocycles. The number of hydrogen-bond donors (Lipinski definition) is 3. The molecule has 0 unspecified atom stereocenters. The lowest BCUT2D eigenvalue weighted by molar-refractivity contribution is 0.408. The molecule has 2 heterocycles. The van der Waals surface area contributed by atoms with Crippen molar-refractivity contribution < 1.29 is 5.11 Å². The number of rotatable bonds is 2. The molecular formula is C8H7N3O4S. The average Bonchev–Trinajstić information content (AvgIpc) is 2.58. The van der Waals surface area contributed by atoms with Crippen LogP contribution in [0.1, 0.15) is 5.69 Å². The van der Waals surface area contributed by atoms with Crippen molar-refractivity contribution in [2.45, 2.75) is 6.54 Å². The van der Waals surface area contributed by atoms with E-state index in [1.807, 2.05) is 4.98 Å². The monoisotopic (exact) mass is 241 g/mol. The van der Waals surface area contributed by atoms with Crippen LogP contribution in [0.3, 0.4) is 0 Å². The molecule has 0 aliphatic rings. The number of H-pyrrole nitrogens is 2. The van der Waals surface area contributed by atoms with E-state index in [2.05, 4.69) is 4.98 Å². The molecule has 0 bridgehead atoms. The Morgan fingerprint density at radius 2 is 2.06 bits per heavy atom. The van der Waals surface area contributed by atoms with Crippen LogP contribution in [-0.2, 0) is 6.54 Å². The minimum Gasteiger partial charge on any atom is -0.494 e. The fourth-order valence-corrected chi connectivity index (χ4v) is 1.80. The Bertz CT molecular complexity index is 677. The first-order valence-corrected chi connectivity index (χ1v) is 5.14. The second kappa shape index (κ2) is 3.81. The molecule has 0 aliphatic heterocycles. The summed E-state index contributed by atoms with van der Waals surface area (Å²) in [5.74, 6) is -0.444. The molecule has 84 valence electrons. The van der Waals surface area contributed by atoms with Gasteiger partial charge < -0.3 is 10.1 Å². The molecule has 0 amide bonds. The second-order valence-corrected chi connectivity index (χ2v) is 3.90. The number of aromatic hydroxyl groups is 1. The molecule has 2 rings (SSSR count). The van der Waals surface area contributed by atoms with Crippen LogP contribution in [0.5, 0.6) is 5.88 Å². The first kappa shape index (κ1) is 10.4. The summed E-state index contributed by atoms with van der Waals surface area (Å²) in [5, 5.41) is 10.9. The van der Waals surface area contributed by atoms with Crippen LogP contribution < -0.4 is 16.1 Å². The van der Waals surface area contributed by atoms with E-state index >= 15 is 0 Å². The lowest BCUT2D eigenvalue weighted by Gasteiger charge is -2.04. The molecule has 16 heavy (non-hydrogen) atoms. The highest BCUT2D eigenvalue weighted by Gasteiger charge is 2.06. The number of nitrogens with zero attached hydrogens (tertiary/aromatic N) is 1. The van der Waals surface area contributed by atoms with Crippen molar-refractivity contribution in [3.63, 3.8) is 0 Å². The smallest absolute Gasteiger partial charge is 0.331 e. The largest absolute Gasteiger partial charge is 0.494 e. The van der Waals surface area contributed by atoms with Gasteiger partial charge in [-0.05, 0) is 0 Å². The van der Waals surface area contributed by atoms with Gasteiger partial charge in [-0.3, -0.25) is 19.1 Å². The number of thiazole rings is 1. The van der Waals surface area contributed by atoms with Crippen LogP contribution >= 0.6 is 11.3 Å². The Morgan fingerprint density at radius 3 is 2.62 bits per heavy atom. The van der Waals surface area contributed by atoms with E-state index in [4.69, 9.17) is 0 Å². The van der Waals surface area contributed by atoms with Crippen LogP contribution in [0.15, 0.2) is 25.8 Å². The lowest BCUT2D eigenvalue weighted by Crippen LogP contribution is -2.29. The third-order valence-electron chi connectivity index (χ3n) is 1.91. The van der Waals surface area contributed by atoms with Gasteiger partial charge in [-0.2, -0.15) is 0 Å². The van der Waals surface area contributed by atoms with Crippen LogP contribution in [-0.4, -0.2) is 19.6 Å². The van der Waals surface area contributed by atoms with Crippen molar-refractivity contribution in [1.29, 1.82) is 0 Å². The molecule has 3 N–H and O–H groups in total. The fraction of sp³-hybridized carbons (Fsp3) is 0.125. The van der Waals surface area contributed by atoms with E-state index in [0.29, 0.717) is 5.69 Å². The Morgan fingerprint density at radius 1 is 1.31 bits per heavy atom. The van der Waals surface area contributed by atoms with Crippen LogP contribution in [0, 0.1) is 0 Å². The van der Waals surface area contributed by atoms with Crippen molar-refractivity contribution in [2.75, 3.05) is 0 Å². The molecule has 0 aromatic carbocycles. The normalized spacial score (nSPS) is 10.5. The Hall–Kier alpha value is -2.09. The summed E-state index contributed by atoms with van der Waals surface area (Å²) < 4.78 is 0.944. The molecule has 0 aliphatic carbocycles. The molecule has 7 nitrogen and oxygen atoms in total. The minimum absolute atomic E-state index is 0.000185. The van der Waals surface area contributed by atoms with E-state index in [9.17, 15) is 19.5 Å². The molecule has 0 radical (unpaired) electrons. The molecule has 0 atom stereocenters. The Kier molecular flexibility index (Phi) is 2.49. The zero-order valence-corrected chi connectivity index (χ0v) is 8.71. The van der Waals surface area contributed by atoms with E-state index in [1.54, 1.807) is 5.38 Å². The summed E-state index contributed by atoms with van der Waals surface area (Å²) in [4.78, 5) is 37.3. The first-order chi connectivity index (χ1) is 7.56.